The highest BCUT2D eigenvalue weighted by Gasteiger charge is 2.36. The van der Waals surface area contributed by atoms with E-state index < -0.39 is 0 Å². The van der Waals surface area contributed by atoms with Crippen molar-refractivity contribution in [3.63, 3.8) is 0 Å². The minimum Gasteiger partial charge on any atom is -0.494 e. The van der Waals surface area contributed by atoms with Crippen molar-refractivity contribution < 1.29 is 9.53 Å². The van der Waals surface area contributed by atoms with Gasteiger partial charge in [0.25, 0.3) is 0 Å². The maximum absolute atomic E-state index is 11.3. The van der Waals surface area contributed by atoms with Crippen molar-refractivity contribution in [1.82, 2.24) is 0 Å². The zero-order valence-electron chi connectivity index (χ0n) is 10.3. The van der Waals surface area contributed by atoms with Crippen molar-refractivity contribution in [2.45, 2.75) is 25.2 Å². The van der Waals surface area contributed by atoms with Gasteiger partial charge in [0.1, 0.15) is 11.4 Å². The number of primary amides is 1. The van der Waals surface area contributed by atoms with Crippen LogP contribution in [0.25, 0.3) is 0 Å². The summed E-state index contributed by atoms with van der Waals surface area (Å²) >= 11 is 0. The number of benzene rings is 1. The van der Waals surface area contributed by atoms with Gasteiger partial charge in [-0.3, -0.25) is 9.79 Å². The quantitative estimate of drug-likeness (QED) is 0.866. The summed E-state index contributed by atoms with van der Waals surface area (Å²) < 4.78 is 5.34. The Balaban J connectivity index is 1.98. The average Bonchev–Trinajstić information content (AvgIpc) is 2.76. The molecule has 0 saturated heterocycles. The Morgan fingerprint density at radius 3 is 3.06 bits per heavy atom. The number of ether oxygens (including phenoxy) is 1. The molecular formula is C14H16N2O2. The highest BCUT2D eigenvalue weighted by Crippen LogP contribution is 2.47. The van der Waals surface area contributed by atoms with Gasteiger partial charge >= 0.3 is 0 Å². The molecule has 2 atom stereocenters. The number of methoxy groups -OCH3 is 1. The molecule has 0 spiro atoms. The van der Waals surface area contributed by atoms with Crippen LogP contribution >= 0.6 is 0 Å². The lowest BCUT2D eigenvalue weighted by Crippen LogP contribution is -2.30. The lowest BCUT2D eigenvalue weighted by atomic mass is 9.77. The molecule has 94 valence electrons. The SMILES string of the molecule is COc1cccc2c1N=C1CCC(C(N)=O)CC12. The third-order valence-corrected chi connectivity index (χ3v) is 3.95. The molecule has 1 heterocycles. The second kappa shape index (κ2) is 4.12. The highest BCUT2D eigenvalue weighted by molar-refractivity contribution is 6.00. The summed E-state index contributed by atoms with van der Waals surface area (Å²) in [5.74, 6) is 0.850. The maximum Gasteiger partial charge on any atom is 0.220 e. The lowest BCUT2D eigenvalue weighted by molar-refractivity contribution is -0.122. The zero-order chi connectivity index (χ0) is 12.7. The molecule has 2 N–H and O–H groups in total. The van der Waals surface area contributed by atoms with Gasteiger partial charge in [-0.05, 0) is 30.9 Å². The van der Waals surface area contributed by atoms with Gasteiger partial charge in [-0.15, -0.1) is 0 Å². The van der Waals surface area contributed by atoms with E-state index in [1.54, 1.807) is 7.11 Å². The number of aliphatic imine (C=N–C) groups is 1. The van der Waals surface area contributed by atoms with E-state index in [4.69, 9.17) is 10.5 Å². The number of carbonyl (C=O) groups is 1. The molecule has 0 bridgehead atoms. The van der Waals surface area contributed by atoms with Crippen LogP contribution in [0.3, 0.4) is 0 Å². The van der Waals surface area contributed by atoms with E-state index in [9.17, 15) is 4.79 Å². The fourth-order valence-corrected chi connectivity index (χ4v) is 2.98. The first kappa shape index (κ1) is 11.3. The van der Waals surface area contributed by atoms with E-state index in [1.165, 1.54) is 11.3 Å². The van der Waals surface area contributed by atoms with Gasteiger partial charge in [0.2, 0.25) is 5.91 Å². The predicted octanol–water partition coefficient (Wildman–Crippen LogP) is 2.15. The predicted molar refractivity (Wildman–Crippen MR) is 69.4 cm³/mol. The second-order valence-corrected chi connectivity index (χ2v) is 4.93. The van der Waals surface area contributed by atoms with Crippen LogP contribution in [0.4, 0.5) is 5.69 Å². The van der Waals surface area contributed by atoms with Crippen LogP contribution in [0.2, 0.25) is 0 Å². The summed E-state index contributed by atoms with van der Waals surface area (Å²) in [6.45, 7) is 0. The summed E-state index contributed by atoms with van der Waals surface area (Å²) in [7, 11) is 1.66. The van der Waals surface area contributed by atoms with Crippen molar-refractivity contribution in [2.75, 3.05) is 7.11 Å². The summed E-state index contributed by atoms with van der Waals surface area (Å²) in [6, 6.07) is 5.97. The van der Waals surface area contributed by atoms with Crippen LogP contribution in [-0.4, -0.2) is 18.7 Å². The summed E-state index contributed by atoms with van der Waals surface area (Å²) in [5.41, 5.74) is 8.71. The number of para-hydroxylation sites is 1. The Hall–Kier alpha value is -1.84. The maximum atomic E-state index is 11.3. The lowest BCUT2D eigenvalue weighted by Gasteiger charge is -2.25. The average molecular weight is 244 g/mol. The Kier molecular flexibility index (Phi) is 2.58. The Labute approximate surface area is 106 Å². The van der Waals surface area contributed by atoms with Crippen LogP contribution in [0, 0.1) is 5.92 Å². The monoisotopic (exact) mass is 244 g/mol. The minimum atomic E-state index is -0.189. The molecule has 0 aromatic heterocycles. The first-order valence-electron chi connectivity index (χ1n) is 6.24. The molecule has 1 fully saturated rings. The van der Waals surface area contributed by atoms with Crippen molar-refractivity contribution in [3.05, 3.63) is 23.8 Å². The summed E-state index contributed by atoms with van der Waals surface area (Å²) in [5, 5.41) is 0. The largest absolute Gasteiger partial charge is 0.494 e. The number of rotatable bonds is 2. The van der Waals surface area contributed by atoms with E-state index in [0.29, 0.717) is 0 Å². The number of carbonyl (C=O) groups excluding carboxylic acids is 1. The van der Waals surface area contributed by atoms with E-state index in [-0.39, 0.29) is 17.7 Å². The van der Waals surface area contributed by atoms with Crippen molar-refractivity contribution in [2.24, 2.45) is 16.6 Å². The molecule has 4 heteroatoms. The van der Waals surface area contributed by atoms with Crippen LogP contribution < -0.4 is 10.5 Å². The first-order chi connectivity index (χ1) is 8.70. The number of fused-ring (bicyclic) bond motifs is 3. The molecule has 1 aliphatic carbocycles. The number of nitrogens with two attached hydrogens (primary N) is 1. The van der Waals surface area contributed by atoms with Crippen LogP contribution in [-0.2, 0) is 4.79 Å². The van der Waals surface area contributed by atoms with E-state index >= 15 is 0 Å². The van der Waals surface area contributed by atoms with Gasteiger partial charge in [0.15, 0.2) is 0 Å². The normalized spacial score (nSPS) is 25.1. The third kappa shape index (κ3) is 1.60. The van der Waals surface area contributed by atoms with Gasteiger partial charge in [0, 0.05) is 17.5 Å². The molecule has 3 rings (SSSR count). The molecule has 0 radical (unpaired) electrons. The van der Waals surface area contributed by atoms with Crippen LogP contribution in [0.15, 0.2) is 23.2 Å². The van der Waals surface area contributed by atoms with Gasteiger partial charge in [-0.1, -0.05) is 12.1 Å². The second-order valence-electron chi connectivity index (χ2n) is 4.93. The summed E-state index contributed by atoms with van der Waals surface area (Å²) in [4.78, 5) is 16.0. The Morgan fingerprint density at radius 2 is 2.33 bits per heavy atom. The molecule has 2 unspecified atom stereocenters. The number of amides is 1. The van der Waals surface area contributed by atoms with Crippen LogP contribution in [0.5, 0.6) is 5.75 Å². The Bertz CT molecular complexity index is 537. The molecule has 2 aliphatic rings. The number of nitrogens with zero attached hydrogens (tertiary/aromatic N) is 1. The van der Waals surface area contributed by atoms with E-state index in [1.807, 2.05) is 12.1 Å². The zero-order valence-corrected chi connectivity index (χ0v) is 10.3. The molecule has 1 aromatic rings. The summed E-state index contributed by atoms with van der Waals surface area (Å²) in [6.07, 6.45) is 2.46. The van der Waals surface area contributed by atoms with Gasteiger partial charge in [-0.25, -0.2) is 0 Å². The van der Waals surface area contributed by atoms with E-state index in [0.717, 1.165) is 30.7 Å². The Morgan fingerprint density at radius 1 is 1.50 bits per heavy atom. The molecule has 18 heavy (non-hydrogen) atoms. The highest BCUT2D eigenvalue weighted by atomic mass is 16.5. The van der Waals surface area contributed by atoms with Gasteiger partial charge in [-0.2, -0.15) is 0 Å². The van der Waals surface area contributed by atoms with Gasteiger partial charge in [0.05, 0.1) is 7.11 Å². The first-order valence-corrected chi connectivity index (χ1v) is 6.24. The number of hydrogen-bond acceptors (Lipinski definition) is 3. The fourth-order valence-electron chi connectivity index (χ4n) is 2.98. The smallest absolute Gasteiger partial charge is 0.220 e. The number of hydrogen-bond donors (Lipinski definition) is 1. The molecular weight excluding hydrogens is 228 g/mol. The fraction of sp³-hybridized carbons (Fsp3) is 0.429. The van der Waals surface area contributed by atoms with E-state index in [2.05, 4.69) is 11.1 Å². The standard InChI is InChI=1S/C14H16N2O2/c1-18-12-4-2-3-9-10-7-8(14(15)17)5-6-11(10)16-13(9)12/h2-4,8,10H,5-7H2,1H3,(H2,15,17). The molecule has 1 saturated carbocycles. The van der Waals surface area contributed by atoms with Crippen molar-refractivity contribution in [1.29, 1.82) is 0 Å². The molecule has 1 aliphatic heterocycles. The van der Waals surface area contributed by atoms with Crippen LogP contribution in [0.1, 0.15) is 30.7 Å². The van der Waals surface area contributed by atoms with Crippen molar-refractivity contribution >= 4 is 17.3 Å². The van der Waals surface area contributed by atoms with Gasteiger partial charge < -0.3 is 10.5 Å². The molecule has 1 aromatic carbocycles. The molecule has 4 nitrogen and oxygen atoms in total. The topological polar surface area (TPSA) is 64.7 Å². The van der Waals surface area contributed by atoms with Crippen molar-refractivity contribution in [3.8, 4) is 5.75 Å². The minimum absolute atomic E-state index is 0.0221. The molecule has 1 amide bonds. The third-order valence-electron chi connectivity index (χ3n) is 3.95.